The van der Waals surface area contributed by atoms with E-state index >= 15 is 0 Å². The van der Waals surface area contributed by atoms with Gasteiger partial charge in [-0.1, -0.05) is 17.7 Å². The maximum Gasteiger partial charge on any atom is 0.197 e. The zero-order valence-corrected chi connectivity index (χ0v) is 17.1. The zero-order chi connectivity index (χ0) is 20.1. The summed E-state index contributed by atoms with van der Waals surface area (Å²) in [5.41, 5.74) is 4.42. The third-order valence-corrected chi connectivity index (χ3v) is 5.13. The SMILES string of the molecule is COc1ccc(-c2nnc(S/C(=N\Nc3cccc(Cl)c3)C(C)=O)n2C)cc1. The lowest BCUT2D eigenvalue weighted by Crippen LogP contribution is -2.09. The van der Waals surface area contributed by atoms with Gasteiger partial charge >= 0.3 is 0 Å². The molecular weight excluding hydrogens is 398 g/mol. The van der Waals surface area contributed by atoms with Crippen molar-refractivity contribution in [1.29, 1.82) is 0 Å². The highest BCUT2D eigenvalue weighted by Crippen LogP contribution is 2.25. The summed E-state index contributed by atoms with van der Waals surface area (Å²) in [6.45, 7) is 1.45. The Kier molecular flexibility index (Phi) is 6.33. The van der Waals surface area contributed by atoms with Gasteiger partial charge < -0.3 is 9.30 Å². The van der Waals surface area contributed by atoms with Gasteiger partial charge in [0.15, 0.2) is 21.8 Å². The molecule has 144 valence electrons. The maximum atomic E-state index is 12.0. The molecule has 9 heteroatoms. The molecule has 0 bridgehead atoms. The smallest absolute Gasteiger partial charge is 0.197 e. The molecule has 0 aliphatic heterocycles. The van der Waals surface area contributed by atoms with Gasteiger partial charge in [-0.15, -0.1) is 10.2 Å². The second kappa shape index (κ2) is 8.90. The monoisotopic (exact) mass is 415 g/mol. The van der Waals surface area contributed by atoms with E-state index in [-0.39, 0.29) is 10.8 Å². The summed E-state index contributed by atoms with van der Waals surface area (Å²) in [6.07, 6.45) is 0. The molecule has 0 radical (unpaired) electrons. The number of thioether (sulfide) groups is 1. The molecule has 0 aliphatic carbocycles. The first-order chi connectivity index (χ1) is 13.5. The molecular formula is C19H18ClN5O2S. The van der Waals surface area contributed by atoms with Crippen LogP contribution in [0.1, 0.15) is 6.92 Å². The van der Waals surface area contributed by atoms with Crippen LogP contribution in [0.5, 0.6) is 5.75 Å². The summed E-state index contributed by atoms with van der Waals surface area (Å²) >= 11 is 7.10. The van der Waals surface area contributed by atoms with Gasteiger partial charge in [0, 0.05) is 24.6 Å². The number of benzene rings is 2. The number of aromatic nitrogens is 3. The minimum absolute atomic E-state index is 0.187. The van der Waals surface area contributed by atoms with Crippen LogP contribution in [0, 0.1) is 0 Å². The van der Waals surface area contributed by atoms with Gasteiger partial charge in [0.1, 0.15) is 5.75 Å². The Hall–Kier alpha value is -2.84. The molecule has 1 aromatic heterocycles. The number of nitrogens with zero attached hydrogens (tertiary/aromatic N) is 4. The molecule has 1 N–H and O–H groups in total. The highest BCUT2D eigenvalue weighted by Gasteiger charge is 2.16. The summed E-state index contributed by atoms with van der Waals surface area (Å²) in [7, 11) is 3.45. The second-order valence-electron chi connectivity index (χ2n) is 5.79. The van der Waals surface area contributed by atoms with Crippen LogP contribution in [0.15, 0.2) is 58.8 Å². The van der Waals surface area contributed by atoms with Crippen molar-refractivity contribution in [3.63, 3.8) is 0 Å². The van der Waals surface area contributed by atoms with E-state index in [0.29, 0.717) is 21.7 Å². The van der Waals surface area contributed by atoms with Crippen LogP contribution < -0.4 is 10.2 Å². The fourth-order valence-electron chi connectivity index (χ4n) is 2.33. The third kappa shape index (κ3) is 4.71. The fraction of sp³-hybridized carbons (Fsp3) is 0.158. The van der Waals surface area contributed by atoms with Crippen molar-refractivity contribution in [2.24, 2.45) is 12.1 Å². The number of hydrazone groups is 1. The molecule has 0 saturated heterocycles. The molecule has 0 unspecified atom stereocenters. The third-order valence-electron chi connectivity index (χ3n) is 3.78. The van der Waals surface area contributed by atoms with Crippen LogP contribution in [0.3, 0.4) is 0 Å². The number of hydrogen-bond acceptors (Lipinski definition) is 7. The van der Waals surface area contributed by atoms with Gasteiger partial charge in [-0.25, -0.2) is 0 Å². The van der Waals surface area contributed by atoms with Gasteiger partial charge in [0.25, 0.3) is 0 Å². The standard InChI is InChI=1S/C19H18ClN5O2S/c1-12(26)18(23-21-15-6-4-5-14(20)11-15)28-19-24-22-17(25(19)2)13-7-9-16(27-3)10-8-13/h4-11,21H,1-3H3/b23-18-. The van der Waals surface area contributed by atoms with Crippen molar-refractivity contribution < 1.29 is 9.53 Å². The molecule has 3 rings (SSSR count). The number of carbonyl (C=O) groups is 1. The van der Waals surface area contributed by atoms with Crippen LogP contribution >= 0.6 is 23.4 Å². The predicted octanol–water partition coefficient (Wildman–Crippen LogP) is 4.25. The lowest BCUT2D eigenvalue weighted by molar-refractivity contribution is -0.110. The number of ether oxygens (including phenoxy) is 1. The van der Waals surface area contributed by atoms with Crippen LogP contribution in [0.25, 0.3) is 11.4 Å². The van der Waals surface area contributed by atoms with Crippen molar-refractivity contribution in [2.45, 2.75) is 12.1 Å². The highest BCUT2D eigenvalue weighted by molar-refractivity contribution is 8.15. The van der Waals surface area contributed by atoms with E-state index in [9.17, 15) is 4.79 Å². The topological polar surface area (TPSA) is 81.4 Å². The van der Waals surface area contributed by atoms with E-state index in [1.165, 1.54) is 6.92 Å². The zero-order valence-electron chi connectivity index (χ0n) is 15.5. The van der Waals surface area contributed by atoms with E-state index in [4.69, 9.17) is 16.3 Å². The van der Waals surface area contributed by atoms with Crippen LogP contribution in [-0.2, 0) is 11.8 Å². The number of carbonyl (C=O) groups excluding carboxylic acids is 1. The number of halogens is 1. The Morgan fingerprint density at radius 3 is 2.61 bits per heavy atom. The quantitative estimate of drug-likeness (QED) is 0.280. The molecule has 0 fully saturated rings. The Bertz CT molecular complexity index is 1020. The van der Waals surface area contributed by atoms with Crippen molar-refractivity contribution in [2.75, 3.05) is 12.5 Å². The molecule has 3 aromatic rings. The van der Waals surface area contributed by atoms with Gasteiger partial charge in [0.05, 0.1) is 12.8 Å². The number of Topliss-reactive ketones (excluding diaryl/α,β-unsaturated/α-hetero) is 1. The van der Waals surface area contributed by atoms with Crippen molar-refractivity contribution in [3.05, 3.63) is 53.6 Å². The molecule has 0 saturated carbocycles. The van der Waals surface area contributed by atoms with Crippen molar-refractivity contribution in [3.8, 4) is 17.1 Å². The fourth-order valence-corrected chi connectivity index (χ4v) is 3.23. The minimum atomic E-state index is -0.187. The molecule has 28 heavy (non-hydrogen) atoms. The first kappa shape index (κ1) is 19.9. The molecule has 7 nitrogen and oxygen atoms in total. The lowest BCUT2D eigenvalue weighted by atomic mass is 10.2. The van der Waals surface area contributed by atoms with E-state index in [2.05, 4.69) is 20.7 Å². The highest BCUT2D eigenvalue weighted by atomic mass is 35.5. The summed E-state index contributed by atoms with van der Waals surface area (Å²) < 4.78 is 6.98. The molecule has 0 atom stereocenters. The maximum absolute atomic E-state index is 12.0. The number of ketones is 1. The van der Waals surface area contributed by atoms with Gasteiger partial charge in [0.2, 0.25) is 0 Å². The second-order valence-corrected chi connectivity index (χ2v) is 7.18. The van der Waals surface area contributed by atoms with E-state index < -0.39 is 0 Å². The van der Waals surface area contributed by atoms with E-state index in [0.717, 1.165) is 23.1 Å². The molecule has 0 amide bonds. The number of hydrogen-bond donors (Lipinski definition) is 1. The lowest BCUT2D eigenvalue weighted by Gasteiger charge is -2.06. The summed E-state index contributed by atoms with van der Waals surface area (Å²) in [4.78, 5) is 12.0. The number of anilines is 1. The van der Waals surface area contributed by atoms with Crippen molar-refractivity contribution >= 4 is 39.9 Å². The summed E-state index contributed by atoms with van der Waals surface area (Å²) in [5.74, 6) is 1.25. The predicted molar refractivity (Wildman–Crippen MR) is 112 cm³/mol. The number of rotatable bonds is 6. The molecule has 0 aliphatic rings. The van der Waals surface area contributed by atoms with Crippen LogP contribution in [0.4, 0.5) is 5.69 Å². The molecule has 2 aromatic carbocycles. The summed E-state index contributed by atoms with van der Waals surface area (Å²) in [6, 6.07) is 14.6. The average molecular weight is 416 g/mol. The first-order valence-electron chi connectivity index (χ1n) is 8.30. The van der Waals surface area contributed by atoms with Gasteiger partial charge in [-0.05, 0) is 54.2 Å². The van der Waals surface area contributed by atoms with Crippen molar-refractivity contribution in [1.82, 2.24) is 14.8 Å². The number of methoxy groups -OCH3 is 1. The number of nitrogens with one attached hydrogen (secondary N) is 1. The summed E-state index contributed by atoms with van der Waals surface area (Å²) in [5, 5.41) is 14.0. The Morgan fingerprint density at radius 2 is 1.96 bits per heavy atom. The average Bonchev–Trinajstić information content (AvgIpc) is 3.05. The minimum Gasteiger partial charge on any atom is -0.497 e. The Balaban J connectivity index is 1.81. The van der Waals surface area contributed by atoms with Gasteiger partial charge in [-0.2, -0.15) is 5.10 Å². The van der Waals surface area contributed by atoms with E-state index in [1.54, 1.807) is 25.3 Å². The van der Waals surface area contributed by atoms with Gasteiger partial charge in [-0.3, -0.25) is 10.2 Å². The Labute approximate surface area is 171 Å². The largest absolute Gasteiger partial charge is 0.497 e. The van der Waals surface area contributed by atoms with Crippen LogP contribution in [-0.4, -0.2) is 32.7 Å². The Morgan fingerprint density at radius 1 is 1.21 bits per heavy atom. The normalized spacial score (nSPS) is 11.4. The van der Waals surface area contributed by atoms with E-state index in [1.807, 2.05) is 41.9 Å². The first-order valence-corrected chi connectivity index (χ1v) is 9.49. The molecule has 1 heterocycles. The van der Waals surface area contributed by atoms with Crippen LogP contribution in [0.2, 0.25) is 5.02 Å². The molecule has 0 spiro atoms.